The van der Waals surface area contributed by atoms with Gasteiger partial charge in [-0.05, 0) is 34.1 Å². The molecule has 2 aromatic carbocycles. The lowest BCUT2D eigenvalue weighted by molar-refractivity contribution is 0.416. The molecular formula is C13H11Br2FN2O. The van der Waals surface area contributed by atoms with Gasteiger partial charge >= 0.3 is 0 Å². The Hall–Kier alpha value is -1.27. The molecule has 2 rings (SSSR count). The summed E-state index contributed by atoms with van der Waals surface area (Å²) in [6.07, 6.45) is 0. The molecule has 0 fully saturated rings. The molecule has 6 heteroatoms. The molecule has 0 aliphatic carbocycles. The molecular weight excluding hydrogens is 379 g/mol. The van der Waals surface area contributed by atoms with Crippen LogP contribution in [0.25, 0.3) is 0 Å². The molecule has 0 heterocycles. The van der Waals surface area contributed by atoms with E-state index in [1.165, 1.54) is 19.2 Å². The molecule has 2 aromatic rings. The molecule has 0 aliphatic rings. The van der Waals surface area contributed by atoms with Crippen LogP contribution in [-0.4, -0.2) is 7.11 Å². The Labute approximate surface area is 127 Å². The Bertz CT molecular complexity index is 620. The molecule has 0 saturated heterocycles. The predicted molar refractivity (Wildman–Crippen MR) is 82.5 cm³/mol. The highest BCUT2D eigenvalue weighted by Gasteiger charge is 2.10. The Kier molecular flexibility index (Phi) is 4.31. The fraction of sp³-hybridized carbons (Fsp3) is 0.0769. The smallest absolute Gasteiger partial charge is 0.148 e. The molecule has 0 unspecified atom stereocenters. The Morgan fingerprint density at radius 2 is 1.89 bits per heavy atom. The average Bonchev–Trinajstić information content (AvgIpc) is 2.37. The molecule has 19 heavy (non-hydrogen) atoms. The lowest BCUT2D eigenvalue weighted by atomic mass is 10.2. The van der Waals surface area contributed by atoms with Gasteiger partial charge in [-0.25, -0.2) is 4.39 Å². The van der Waals surface area contributed by atoms with Crippen LogP contribution in [0.3, 0.4) is 0 Å². The zero-order valence-corrected chi connectivity index (χ0v) is 13.2. The first-order valence-corrected chi connectivity index (χ1v) is 6.95. The second-order valence-electron chi connectivity index (χ2n) is 3.82. The zero-order valence-electron chi connectivity index (χ0n) is 10.0. The van der Waals surface area contributed by atoms with Crippen molar-refractivity contribution in [2.45, 2.75) is 0 Å². The normalized spacial score (nSPS) is 10.3. The van der Waals surface area contributed by atoms with Crippen molar-refractivity contribution in [2.24, 2.45) is 0 Å². The molecule has 0 saturated carbocycles. The number of nitrogen functional groups attached to an aromatic ring is 1. The third kappa shape index (κ3) is 3.19. The maximum Gasteiger partial charge on any atom is 0.148 e. The van der Waals surface area contributed by atoms with Gasteiger partial charge in [0.2, 0.25) is 0 Å². The summed E-state index contributed by atoms with van der Waals surface area (Å²) in [4.78, 5) is 0. The van der Waals surface area contributed by atoms with E-state index in [0.29, 0.717) is 11.4 Å². The molecule has 100 valence electrons. The van der Waals surface area contributed by atoms with Gasteiger partial charge in [0.05, 0.1) is 24.2 Å². The second-order valence-corrected chi connectivity index (χ2v) is 5.59. The molecule has 0 spiro atoms. The summed E-state index contributed by atoms with van der Waals surface area (Å²) in [6, 6.07) is 8.34. The van der Waals surface area contributed by atoms with Gasteiger partial charge in [0.25, 0.3) is 0 Å². The quantitative estimate of drug-likeness (QED) is 0.749. The fourth-order valence-electron chi connectivity index (χ4n) is 1.58. The summed E-state index contributed by atoms with van der Waals surface area (Å²) in [7, 11) is 1.49. The molecule has 0 radical (unpaired) electrons. The molecule has 3 nitrogen and oxygen atoms in total. The highest BCUT2D eigenvalue weighted by molar-refractivity contribution is 9.11. The van der Waals surface area contributed by atoms with Crippen LogP contribution in [0.2, 0.25) is 0 Å². The SMILES string of the molecule is COc1cc(Nc2cc(Br)ccc2Br)c(F)cc1N. The van der Waals surface area contributed by atoms with Crippen LogP contribution in [0.15, 0.2) is 39.3 Å². The first kappa shape index (κ1) is 14.1. The summed E-state index contributed by atoms with van der Waals surface area (Å²) >= 11 is 6.77. The summed E-state index contributed by atoms with van der Waals surface area (Å²) in [6.45, 7) is 0. The van der Waals surface area contributed by atoms with Crippen LogP contribution < -0.4 is 15.8 Å². The van der Waals surface area contributed by atoms with E-state index in [1.807, 2.05) is 18.2 Å². The zero-order chi connectivity index (χ0) is 14.0. The summed E-state index contributed by atoms with van der Waals surface area (Å²) < 4.78 is 20.7. The van der Waals surface area contributed by atoms with Crippen LogP contribution in [-0.2, 0) is 0 Å². The van der Waals surface area contributed by atoms with E-state index >= 15 is 0 Å². The number of ether oxygens (including phenoxy) is 1. The van der Waals surface area contributed by atoms with Gasteiger partial charge in [-0.15, -0.1) is 0 Å². The van der Waals surface area contributed by atoms with Gasteiger partial charge in [-0.3, -0.25) is 0 Å². The van der Waals surface area contributed by atoms with Crippen molar-refractivity contribution in [2.75, 3.05) is 18.2 Å². The molecule has 0 amide bonds. The molecule has 0 bridgehead atoms. The van der Waals surface area contributed by atoms with E-state index in [4.69, 9.17) is 10.5 Å². The van der Waals surface area contributed by atoms with Crippen molar-refractivity contribution >= 4 is 48.9 Å². The van der Waals surface area contributed by atoms with Crippen molar-refractivity contribution in [1.82, 2.24) is 0 Å². The van der Waals surface area contributed by atoms with Gasteiger partial charge in [-0.2, -0.15) is 0 Å². The number of rotatable bonds is 3. The first-order chi connectivity index (χ1) is 9.01. The van der Waals surface area contributed by atoms with Crippen molar-refractivity contribution in [1.29, 1.82) is 0 Å². The molecule has 0 aromatic heterocycles. The summed E-state index contributed by atoms with van der Waals surface area (Å²) in [5, 5.41) is 3.00. The highest BCUT2D eigenvalue weighted by Crippen LogP contribution is 2.33. The van der Waals surface area contributed by atoms with E-state index < -0.39 is 5.82 Å². The van der Waals surface area contributed by atoms with Crippen LogP contribution in [0.1, 0.15) is 0 Å². The summed E-state index contributed by atoms with van der Waals surface area (Å²) in [5.74, 6) is -0.0137. The second kappa shape index (κ2) is 5.79. The van der Waals surface area contributed by atoms with Crippen LogP contribution in [0, 0.1) is 5.82 Å². The Morgan fingerprint density at radius 1 is 1.16 bits per heavy atom. The number of anilines is 3. The monoisotopic (exact) mass is 388 g/mol. The van der Waals surface area contributed by atoms with Crippen molar-refractivity contribution < 1.29 is 9.13 Å². The largest absolute Gasteiger partial charge is 0.495 e. The van der Waals surface area contributed by atoms with Crippen molar-refractivity contribution in [3.8, 4) is 5.75 Å². The number of hydrogen-bond donors (Lipinski definition) is 2. The van der Waals surface area contributed by atoms with Gasteiger partial charge in [0.15, 0.2) is 0 Å². The maximum absolute atomic E-state index is 13.9. The first-order valence-electron chi connectivity index (χ1n) is 5.36. The third-order valence-corrected chi connectivity index (χ3v) is 3.70. The molecule has 3 N–H and O–H groups in total. The van der Waals surface area contributed by atoms with E-state index in [-0.39, 0.29) is 5.69 Å². The topological polar surface area (TPSA) is 47.3 Å². The number of halogens is 3. The van der Waals surface area contributed by atoms with Crippen LogP contribution in [0.4, 0.5) is 21.5 Å². The lowest BCUT2D eigenvalue weighted by Gasteiger charge is -2.12. The number of nitrogens with two attached hydrogens (primary N) is 1. The van der Waals surface area contributed by atoms with E-state index in [9.17, 15) is 4.39 Å². The predicted octanol–water partition coefficient (Wildman–Crippen LogP) is 4.69. The number of methoxy groups -OCH3 is 1. The highest BCUT2D eigenvalue weighted by atomic mass is 79.9. The number of nitrogens with one attached hydrogen (secondary N) is 1. The summed E-state index contributed by atoms with van der Waals surface area (Å²) in [5.41, 5.74) is 6.93. The van der Waals surface area contributed by atoms with Gasteiger partial charge in [0.1, 0.15) is 11.6 Å². The Balaban J connectivity index is 2.40. The maximum atomic E-state index is 13.9. The molecule has 0 atom stereocenters. The number of benzene rings is 2. The lowest BCUT2D eigenvalue weighted by Crippen LogP contribution is -1.99. The third-order valence-electron chi connectivity index (χ3n) is 2.52. The van der Waals surface area contributed by atoms with Crippen molar-refractivity contribution in [3.05, 3.63) is 45.1 Å². The Morgan fingerprint density at radius 3 is 2.58 bits per heavy atom. The molecule has 0 aliphatic heterocycles. The minimum atomic E-state index is -0.440. The minimum absolute atomic E-state index is 0.263. The van der Waals surface area contributed by atoms with Crippen molar-refractivity contribution in [3.63, 3.8) is 0 Å². The van der Waals surface area contributed by atoms with Crippen LogP contribution >= 0.6 is 31.9 Å². The van der Waals surface area contributed by atoms with Gasteiger partial charge in [0, 0.05) is 21.1 Å². The van der Waals surface area contributed by atoms with E-state index in [1.54, 1.807) is 0 Å². The average molecular weight is 390 g/mol. The standard InChI is InChI=1S/C13H11Br2FN2O/c1-19-13-6-12(9(16)5-10(13)17)18-11-4-7(14)2-3-8(11)15/h2-6,18H,17H2,1H3. The minimum Gasteiger partial charge on any atom is -0.495 e. The van der Waals surface area contributed by atoms with E-state index in [2.05, 4.69) is 37.2 Å². The van der Waals surface area contributed by atoms with Gasteiger partial charge in [-0.1, -0.05) is 15.9 Å². The van der Waals surface area contributed by atoms with E-state index in [0.717, 1.165) is 14.6 Å². The number of hydrogen-bond acceptors (Lipinski definition) is 3. The fourth-order valence-corrected chi connectivity index (χ4v) is 2.29. The van der Waals surface area contributed by atoms with Gasteiger partial charge < -0.3 is 15.8 Å². The van der Waals surface area contributed by atoms with Crippen LogP contribution in [0.5, 0.6) is 5.75 Å².